The van der Waals surface area contributed by atoms with Crippen LogP contribution in [-0.4, -0.2) is 17.3 Å². The van der Waals surface area contributed by atoms with Gasteiger partial charge >= 0.3 is 0 Å². The van der Waals surface area contributed by atoms with Crippen LogP contribution in [0.15, 0.2) is 24.3 Å². The van der Waals surface area contributed by atoms with E-state index in [0.717, 1.165) is 51.4 Å². The van der Waals surface area contributed by atoms with Crippen molar-refractivity contribution < 1.29 is 18.6 Å². The fourth-order valence-corrected chi connectivity index (χ4v) is 4.92. The van der Waals surface area contributed by atoms with Crippen LogP contribution in [0.1, 0.15) is 76.7 Å². The van der Waals surface area contributed by atoms with Gasteiger partial charge in [-0.05, 0) is 81.3 Å². The Morgan fingerprint density at radius 2 is 1.81 bits per heavy atom. The average Bonchev–Trinajstić information content (AvgIpc) is 2.67. The SMILES string of the molecule is CCCC1(O)C=CC(C2CCC(c3ccc(OCC)c(F)c3F)CC2)CC1. The Kier molecular flexibility index (Phi) is 6.56. The van der Waals surface area contributed by atoms with Crippen molar-refractivity contribution in [3.05, 3.63) is 41.5 Å². The van der Waals surface area contributed by atoms with Gasteiger partial charge in [-0.25, -0.2) is 4.39 Å². The first-order chi connectivity index (χ1) is 13.0. The molecule has 1 aromatic carbocycles. The molecule has 0 radical (unpaired) electrons. The van der Waals surface area contributed by atoms with Crippen LogP contribution >= 0.6 is 0 Å². The van der Waals surface area contributed by atoms with Crippen molar-refractivity contribution in [3.63, 3.8) is 0 Å². The van der Waals surface area contributed by atoms with Gasteiger partial charge in [-0.3, -0.25) is 0 Å². The minimum Gasteiger partial charge on any atom is -0.491 e. The Balaban J connectivity index is 1.61. The molecular formula is C23H32F2O2. The number of benzene rings is 1. The van der Waals surface area contributed by atoms with Crippen LogP contribution in [0.3, 0.4) is 0 Å². The second kappa shape index (κ2) is 8.72. The fourth-order valence-electron chi connectivity index (χ4n) is 4.92. The summed E-state index contributed by atoms with van der Waals surface area (Å²) in [7, 11) is 0. The van der Waals surface area contributed by atoms with Crippen molar-refractivity contribution in [2.24, 2.45) is 11.8 Å². The molecule has 2 unspecified atom stereocenters. The topological polar surface area (TPSA) is 29.5 Å². The monoisotopic (exact) mass is 378 g/mol. The maximum Gasteiger partial charge on any atom is 0.200 e. The molecule has 2 atom stereocenters. The van der Waals surface area contributed by atoms with E-state index in [0.29, 0.717) is 24.0 Å². The molecule has 0 aromatic heterocycles. The summed E-state index contributed by atoms with van der Waals surface area (Å²) in [5, 5.41) is 10.5. The first kappa shape index (κ1) is 20.3. The molecule has 0 spiro atoms. The molecule has 1 fully saturated rings. The molecule has 2 nitrogen and oxygen atoms in total. The van der Waals surface area contributed by atoms with Gasteiger partial charge in [0, 0.05) is 0 Å². The molecule has 0 bridgehead atoms. The third-order valence-corrected chi connectivity index (χ3v) is 6.44. The summed E-state index contributed by atoms with van der Waals surface area (Å²) in [5.41, 5.74) is -0.128. The van der Waals surface area contributed by atoms with Gasteiger partial charge in [-0.2, -0.15) is 4.39 Å². The highest BCUT2D eigenvalue weighted by Crippen LogP contribution is 2.44. The maximum atomic E-state index is 14.5. The first-order valence-electron chi connectivity index (χ1n) is 10.5. The van der Waals surface area contributed by atoms with Crippen LogP contribution in [0.5, 0.6) is 5.75 Å². The second-order valence-electron chi connectivity index (χ2n) is 8.24. The molecule has 0 aliphatic heterocycles. The summed E-state index contributed by atoms with van der Waals surface area (Å²) in [6, 6.07) is 3.25. The molecule has 1 N–H and O–H groups in total. The minimum absolute atomic E-state index is 0.000607. The number of halogens is 2. The predicted molar refractivity (Wildman–Crippen MR) is 104 cm³/mol. The van der Waals surface area contributed by atoms with E-state index in [1.165, 1.54) is 0 Å². The van der Waals surface area contributed by atoms with Crippen LogP contribution in [0.4, 0.5) is 8.78 Å². The number of ether oxygens (including phenoxy) is 1. The third-order valence-electron chi connectivity index (χ3n) is 6.44. The molecular weight excluding hydrogens is 346 g/mol. The molecule has 27 heavy (non-hydrogen) atoms. The molecule has 1 saturated carbocycles. The molecule has 2 aliphatic rings. The lowest BCUT2D eigenvalue weighted by atomic mass is 9.69. The number of hydrogen-bond acceptors (Lipinski definition) is 2. The van der Waals surface area contributed by atoms with Gasteiger partial charge in [0.25, 0.3) is 0 Å². The van der Waals surface area contributed by atoms with Gasteiger partial charge < -0.3 is 9.84 Å². The lowest BCUT2D eigenvalue weighted by Crippen LogP contribution is -2.32. The van der Waals surface area contributed by atoms with Crippen molar-refractivity contribution >= 4 is 0 Å². The maximum absolute atomic E-state index is 14.5. The van der Waals surface area contributed by atoms with E-state index in [4.69, 9.17) is 4.74 Å². The van der Waals surface area contributed by atoms with E-state index in [1.54, 1.807) is 19.1 Å². The molecule has 150 valence electrons. The molecule has 1 aromatic rings. The van der Waals surface area contributed by atoms with Crippen molar-refractivity contribution in [3.8, 4) is 5.75 Å². The van der Waals surface area contributed by atoms with Gasteiger partial charge in [-0.15, -0.1) is 0 Å². The Morgan fingerprint density at radius 3 is 2.41 bits per heavy atom. The third kappa shape index (κ3) is 4.53. The largest absolute Gasteiger partial charge is 0.491 e. The van der Waals surface area contributed by atoms with E-state index in [-0.39, 0.29) is 11.7 Å². The Labute approximate surface area is 161 Å². The number of rotatable bonds is 6. The van der Waals surface area contributed by atoms with E-state index in [1.807, 2.05) is 6.08 Å². The van der Waals surface area contributed by atoms with Crippen LogP contribution in [0.25, 0.3) is 0 Å². The number of aliphatic hydroxyl groups is 1. The molecule has 0 saturated heterocycles. The van der Waals surface area contributed by atoms with Crippen LogP contribution in [0.2, 0.25) is 0 Å². The van der Waals surface area contributed by atoms with E-state index >= 15 is 0 Å². The van der Waals surface area contributed by atoms with Gasteiger partial charge in [0.2, 0.25) is 5.82 Å². The summed E-state index contributed by atoms with van der Waals surface area (Å²) in [5.74, 6) is -0.437. The lowest BCUT2D eigenvalue weighted by molar-refractivity contribution is 0.0525. The summed E-state index contributed by atoms with van der Waals surface area (Å²) in [6.07, 6.45) is 11.7. The minimum atomic E-state index is -0.859. The lowest BCUT2D eigenvalue weighted by Gasteiger charge is -2.37. The Hall–Kier alpha value is -1.42. The van der Waals surface area contributed by atoms with Gasteiger partial charge in [0.15, 0.2) is 11.6 Å². The van der Waals surface area contributed by atoms with Gasteiger partial charge in [0.05, 0.1) is 12.2 Å². The molecule has 2 aliphatic carbocycles. The van der Waals surface area contributed by atoms with Crippen molar-refractivity contribution in [1.82, 2.24) is 0 Å². The molecule has 0 heterocycles. The van der Waals surface area contributed by atoms with E-state index < -0.39 is 17.2 Å². The highest BCUT2D eigenvalue weighted by Gasteiger charge is 2.34. The molecule has 0 amide bonds. The Morgan fingerprint density at radius 1 is 1.07 bits per heavy atom. The van der Waals surface area contributed by atoms with E-state index in [9.17, 15) is 13.9 Å². The number of allylic oxidation sites excluding steroid dienone is 1. The number of hydrogen-bond donors (Lipinski definition) is 1. The fraction of sp³-hybridized carbons (Fsp3) is 0.652. The zero-order valence-corrected chi connectivity index (χ0v) is 16.5. The second-order valence-corrected chi connectivity index (χ2v) is 8.24. The van der Waals surface area contributed by atoms with Crippen LogP contribution in [0, 0.1) is 23.5 Å². The average molecular weight is 379 g/mol. The normalized spacial score (nSPS) is 31.1. The summed E-state index contributed by atoms with van der Waals surface area (Å²) in [6.45, 7) is 4.18. The van der Waals surface area contributed by atoms with E-state index in [2.05, 4.69) is 13.0 Å². The van der Waals surface area contributed by atoms with Gasteiger partial charge in [0.1, 0.15) is 0 Å². The van der Waals surface area contributed by atoms with Crippen molar-refractivity contribution in [2.75, 3.05) is 6.61 Å². The quantitative estimate of drug-likeness (QED) is 0.603. The smallest absolute Gasteiger partial charge is 0.200 e. The molecule has 4 heteroatoms. The highest BCUT2D eigenvalue weighted by molar-refractivity contribution is 5.33. The van der Waals surface area contributed by atoms with Crippen LogP contribution in [-0.2, 0) is 0 Å². The van der Waals surface area contributed by atoms with Crippen molar-refractivity contribution in [1.29, 1.82) is 0 Å². The Bertz CT molecular complexity index is 665. The molecule has 3 rings (SSSR count). The summed E-state index contributed by atoms with van der Waals surface area (Å²) < 4.78 is 33.8. The first-order valence-corrected chi connectivity index (χ1v) is 10.5. The summed E-state index contributed by atoms with van der Waals surface area (Å²) >= 11 is 0. The zero-order chi connectivity index (χ0) is 19.4. The van der Waals surface area contributed by atoms with Gasteiger partial charge in [-0.1, -0.05) is 31.6 Å². The zero-order valence-electron chi connectivity index (χ0n) is 16.5. The highest BCUT2D eigenvalue weighted by atomic mass is 19.2. The predicted octanol–water partition coefficient (Wildman–Crippen LogP) is 6.13. The van der Waals surface area contributed by atoms with Crippen LogP contribution < -0.4 is 4.74 Å². The standard InChI is InChI=1S/C23H32F2O2/c1-3-13-23(26)14-11-17(12-15-23)16-5-7-18(8-6-16)19-9-10-20(27-4-2)22(25)21(19)24/h9-11,14,16-18,26H,3-8,12-13,15H2,1-2H3. The summed E-state index contributed by atoms with van der Waals surface area (Å²) in [4.78, 5) is 0. The van der Waals surface area contributed by atoms with Crippen molar-refractivity contribution in [2.45, 2.75) is 76.7 Å².